The fraction of sp³-hybridized carbons (Fsp3) is 0.176. The molecular weight excluding hydrogens is 314 g/mol. The summed E-state index contributed by atoms with van der Waals surface area (Å²) >= 11 is 5.93. The molecule has 0 bridgehead atoms. The van der Waals surface area contributed by atoms with Crippen LogP contribution >= 0.6 is 11.6 Å². The third-order valence-corrected chi connectivity index (χ3v) is 3.85. The number of piperazine rings is 1. The first-order valence-electron chi connectivity index (χ1n) is 7.31. The first kappa shape index (κ1) is 15.4. The van der Waals surface area contributed by atoms with E-state index in [1.807, 2.05) is 29.2 Å². The van der Waals surface area contributed by atoms with Crippen LogP contribution in [-0.2, 0) is 4.79 Å². The molecule has 2 aromatic rings. The molecule has 0 unspecified atom stereocenters. The van der Waals surface area contributed by atoms with Crippen LogP contribution in [0.2, 0.25) is 5.02 Å². The molecular formula is C17H16ClN3O2. The van der Waals surface area contributed by atoms with Crippen LogP contribution in [0.3, 0.4) is 0 Å². The zero-order valence-corrected chi connectivity index (χ0v) is 13.1. The van der Waals surface area contributed by atoms with Crippen molar-refractivity contribution in [1.29, 1.82) is 0 Å². The number of carbonyl (C=O) groups excluding carboxylic acids is 2. The molecule has 3 rings (SSSR count). The molecule has 0 saturated carbocycles. The highest BCUT2D eigenvalue weighted by molar-refractivity contribution is 6.31. The summed E-state index contributed by atoms with van der Waals surface area (Å²) in [6.07, 6.45) is 0. The fourth-order valence-electron chi connectivity index (χ4n) is 2.52. The number of benzene rings is 2. The minimum absolute atomic E-state index is 0.0211. The smallest absolute Gasteiger partial charge is 0.255 e. The zero-order valence-electron chi connectivity index (χ0n) is 12.4. The summed E-state index contributed by atoms with van der Waals surface area (Å²) < 4.78 is 0. The van der Waals surface area contributed by atoms with E-state index in [-0.39, 0.29) is 18.4 Å². The molecule has 2 N–H and O–H groups in total. The van der Waals surface area contributed by atoms with Crippen molar-refractivity contribution in [3.63, 3.8) is 0 Å². The summed E-state index contributed by atoms with van der Waals surface area (Å²) in [5, 5.41) is 6.20. The van der Waals surface area contributed by atoms with Crippen molar-refractivity contribution < 1.29 is 9.59 Å². The Morgan fingerprint density at radius 3 is 2.78 bits per heavy atom. The minimum Gasteiger partial charge on any atom is -0.359 e. The molecule has 118 valence electrons. The SMILES string of the molecule is O=C1CN(c2ccccc2NC(=O)c2cccc(Cl)c2)CCN1. The van der Waals surface area contributed by atoms with Gasteiger partial charge in [-0.1, -0.05) is 29.8 Å². The highest BCUT2D eigenvalue weighted by atomic mass is 35.5. The van der Waals surface area contributed by atoms with Gasteiger partial charge in [0.05, 0.1) is 17.9 Å². The standard InChI is InChI=1S/C17H16ClN3O2/c18-13-5-3-4-12(10-13)17(23)20-14-6-1-2-7-15(14)21-9-8-19-16(22)11-21/h1-7,10H,8-9,11H2,(H,19,22)(H,20,23). The second-order valence-electron chi connectivity index (χ2n) is 5.25. The summed E-state index contributed by atoms with van der Waals surface area (Å²) in [5.74, 6) is -0.256. The number of carbonyl (C=O) groups is 2. The van der Waals surface area contributed by atoms with Gasteiger partial charge in [0, 0.05) is 23.7 Å². The summed E-state index contributed by atoms with van der Waals surface area (Å²) in [6.45, 7) is 1.58. The van der Waals surface area contributed by atoms with E-state index in [0.29, 0.717) is 29.4 Å². The van der Waals surface area contributed by atoms with Gasteiger partial charge in [-0.2, -0.15) is 0 Å². The van der Waals surface area contributed by atoms with E-state index >= 15 is 0 Å². The van der Waals surface area contributed by atoms with Gasteiger partial charge in [-0.05, 0) is 30.3 Å². The molecule has 0 aliphatic carbocycles. The van der Waals surface area contributed by atoms with Gasteiger partial charge < -0.3 is 15.5 Å². The second-order valence-corrected chi connectivity index (χ2v) is 5.69. The van der Waals surface area contributed by atoms with Crippen LogP contribution in [0.25, 0.3) is 0 Å². The molecule has 1 saturated heterocycles. The zero-order chi connectivity index (χ0) is 16.2. The lowest BCUT2D eigenvalue weighted by Gasteiger charge is -2.30. The van der Waals surface area contributed by atoms with Gasteiger partial charge in [0.1, 0.15) is 0 Å². The molecule has 1 fully saturated rings. The molecule has 2 amide bonds. The fourth-order valence-corrected chi connectivity index (χ4v) is 2.71. The summed E-state index contributed by atoms with van der Waals surface area (Å²) in [4.78, 5) is 25.9. The Hall–Kier alpha value is -2.53. The van der Waals surface area contributed by atoms with Crippen molar-refractivity contribution in [2.45, 2.75) is 0 Å². The normalized spacial score (nSPS) is 14.3. The molecule has 23 heavy (non-hydrogen) atoms. The number of nitrogens with zero attached hydrogens (tertiary/aromatic N) is 1. The molecule has 0 aromatic heterocycles. The number of rotatable bonds is 3. The number of anilines is 2. The number of hydrogen-bond acceptors (Lipinski definition) is 3. The Labute approximate surface area is 139 Å². The maximum atomic E-state index is 12.4. The minimum atomic E-state index is -0.235. The van der Waals surface area contributed by atoms with Gasteiger partial charge in [0.25, 0.3) is 5.91 Å². The largest absolute Gasteiger partial charge is 0.359 e. The van der Waals surface area contributed by atoms with E-state index in [2.05, 4.69) is 10.6 Å². The first-order valence-corrected chi connectivity index (χ1v) is 7.69. The van der Waals surface area contributed by atoms with E-state index in [1.54, 1.807) is 24.3 Å². The Bertz CT molecular complexity index is 748. The molecule has 0 radical (unpaired) electrons. The van der Waals surface area contributed by atoms with Crippen molar-refractivity contribution in [3.8, 4) is 0 Å². The van der Waals surface area contributed by atoms with Crippen LogP contribution < -0.4 is 15.5 Å². The molecule has 6 heteroatoms. The van der Waals surface area contributed by atoms with Gasteiger partial charge in [-0.25, -0.2) is 0 Å². The van der Waals surface area contributed by atoms with Crippen molar-refractivity contribution in [1.82, 2.24) is 5.32 Å². The van der Waals surface area contributed by atoms with Crippen LogP contribution in [0.1, 0.15) is 10.4 Å². The number of halogens is 1. The molecule has 1 heterocycles. The van der Waals surface area contributed by atoms with Gasteiger partial charge in [-0.15, -0.1) is 0 Å². The lowest BCUT2D eigenvalue weighted by Crippen LogP contribution is -2.47. The molecule has 0 atom stereocenters. The topological polar surface area (TPSA) is 61.4 Å². The van der Waals surface area contributed by atoms with Gasteiger partial charge in [-0.3, -0.25) is 9.59 Å². The predicted octanol–water partition coefficient (Wildman–Crippen LogP) is 2.53. The summed E-state index contributed by atoms with van der Waals surface area (Å²) in [5.41, 5.74) is 1.99. The van der Waals surface area contributed by atoms with Gasteiger partial charge in [0.15, 0.2) is 0 Å². The molecule has 1 aliphatic heterocycles. The number of amides is 2. The second kappa shape index (κ2) is 6.71. The molecule has 2 aromatic carbocycles. The first-order chi connectivity index (χ1) is 11.1. The molecule has 5 nitrogen and oxygen atoms in total. The average Bonchev–Trinajstić information content (AvgIpc) is 2.55. The third kappa shape index (κ3) is 3.63. The van der Waals surface area contributed by atoms with Crippen molar-refractivity contribution in [2.75, 3.05) is 29.9 Å². The van der Waals surface area contributed by atoms with E-state index in [1.165, 1.54) is 0 Å². The van der Waals surface area contributed by atoms with Crippen molar-refractivity contribution in [2.24, 2.45) is 0 Å². The van der Waals surface area contributed by atoms with Gasteiger partial charge >= 0.3 is 0 Å². The van der Waals surface area contributed by atoms with E-state index in [0.717, 1.165) is 5.69 Å². The Morgan fingerprint density at radius 2 is 2.00 bits per heavy atom. The summed E-state index contributed by atoms with van der Waals surface area (Å²) in [6, 6.07) is 14.2. The van der Waals surface area contributed by atoms with Crippen LogP contribution in [0, 0.1) is 0 Å². The van der Waals surface area contributed by atoms with Crippen LogP contribution in [0.4, 0.5) is 11.4 Å². The van der Waals surface area contributed by atoms with E-state index in [4.69, 9.17) is 11.6 Å². The van der Waals surface area contributed by atoms with E-state index in [9.17, 15) is 9.59 Å². The number of nitrogens with one attached hydrogen (secondary N) is 2. The Balaban J connectivity index is 1.83. The lowest BCUT2D eigenvalue weighted by molar-refractivity contribution is -0.120. The maximum Gasteiger partial charge on any atom is 0.255 e. The maximum absolute atomic E-state index is 12.4. The lowest BCUT2D eigenvalue weighted by atomic mass is 10.2. The Morgan fingerprint density at radius 1 is 1.17 bits per heavy atom. The average molecular weight is 330 g/mol. The Kier molecular flexibility index (Phi) is 4.48. The van der Waals surface area contributed by atoms with Crippen LogP contribution in [-0.4, -0.2) is 31.4 Å². The predicted molar refractivity (Wildman–Crippen MR) is 91.1 cm³/mol. The van der Waals surface area contributed by atoms with E-state index < -0.39 is 0 Å². The van der Waals surface area contributed by atoms with Crippen molar-refractivity contribution in [3.05, 3.63) is 59.1 Å². The van der Waals surface area contributed by atoms with Crippen molar-refractivity contribution >= 4 is 34.8 Å². The highest BCUT2D eigenvalue weighted by Gasteiger charge is 2.19. The quantitative estimate of drug-likeness (QED) is 0.909. The van der Waals surface area contributed by atoms with Gasteiger partial charge in [0.2, 0.25) is 5.91 Å². The number of para-hydroxylation sites is 2. The highest BCUT2D eigenvalue weighted by Crippen LogP contribution is 2.26. The molecule has 1 aliphatic rings. The third-order valence-electron chi connectivity index (χ3n) is 3.62. The monoisotopic (exact) mass is 329 g/mol. The molecule has 0 spiro atoms. The summed E-state index contributed by atoms with van der Waals surface area (Å²) in [7, 11) is 0. The van der Waals surface area contributed by atoms with Crippen LogP contribution in [0.15, 0.2) is 48.5 Å². The van der Waals surface area contributed by atoms with Crippen LogP contribution in [0.5, 0.6) is 0 Å². The number of hydrogen-bond donors (Lipinski definition) is 2.